The molecule has 21 heavy (non-hydrogen) atoms. The molecule has 0 saturated carbocycles. The summed E-state index contributed by atoms with van der Waals surface area (Å²) in [6.07, 6.45) is 2.30. The minimum atomic E-state index is -0.474. The first kappa shape index (κ1) is 17.7. The molecule has 1 aliphatic heterocycles. The molecule has 0 aromatic heterocycles. The van der Waals surface area contributed by atoms with E-state index < -0.39 is 11.8 Å². The van der Waals surface area contributed by atoms with E-state index in [1.165, 1.54) is 0 Å². The minimum absolute atomic E-state index is 0.00182. The van der Waals surface area contributed by atoms with E-state index >= 15 is 0 Å². The Morgan fingerprint density at radius 3 is 1.86 bits per heavy atom. The zero-order chi connectivity index (χ0) is 15.3. The van der Waals surface area contributed by atoms with Gasteiger partial charge in [-0.05, 0) is 0 Å². The second-order valence-electron chi connectivity index (χ2n) is 3.85. The van der Waals surface area contributed by atoms with Crippen molar-refractivity contribution < 1.29 is 33.7 Å². The molecule has 0 bridgehead atoms. The summed E-state index contributed by atoms with van der Waals surface area (Å²) in [5, 5.41) is 9.22. The van der Waals surface area contributed by atoms with Crippen LogP contribution in [0.1, 0.15) is 0 Å². The number of imide groups is 1. The normalized spacial score (nSPS) is 14.4. The molecule has 1 aliphatic rings. The van der Waals surface area contributed by atoms with E-state index in [4.69, 9.17) is 24.2 Å². The van der Waals surface area contributed by atoms with Crippen LogP contribution in [0.25, 0.3) is 0 Å². The molecule has 120 valence electrons. The summed E-state index contributed by atoms with van der Waals surface area (Å²) in [4.78, 5) is 27.2. The molecule has 0 saturated heterocycles. The Kier molecular flexibility index (Phi) is 9.53. The monoisotopic (exact) mass is 304 g/mol. The number of hydrazine groups is 1. The lowest BCUT2D eigenvalue weighted by atomic mass is 10.6. The number of nitrogens with zero attached hydrogens (tertiary/aromatic N) is 1. The molecule has 9 nitrogen and oxygen atoms in total. The number of nitrogens with one attached hydrogen (secondary N) is 1. The standard InChI is InChI=1S/C12H20N2O7/c15-3-4-18-5-6-19-7-8-20-9-10-21-13-14-11(16)1-2-12(14)17/h1-2,13,15H,3-10H2. The van der Waals surface area contributed by atoms with Gasteiger partial charge in [-0.3, -0.25) is 14.4 Å². The largest absolute Gasteiger partial charge is 0.394 e. The summed E-state index contributed by atoms with van der Waals surface area (Å²) < 4.78 is 15.4. The van der Waals surface area contributed by atoms with Crippen molar-refractivity contribution in [2.75, 3.05) is 52.9 Å². The lowest BCUT2D eigenvalue weighted by Crippen LogP contribution is -2.43. The lowest BCUT2D eigenvalue weighted by molar-refractivity contribution is -0.159. The van der Waals surface area contributed by atoms with Crippen LogP contribution < -0.4 is 5.59 Å². The van der Waals surface area contributed by atoms with Crippen molar-refractivity contribution in [2.24, 2.45) is 0 Å². The number of hydrogen-bond acceptors (Lipinski definition) is 8. The second-order valence-corrected chi connectivity index (χ2v) is 3.85. The number of ether oxygens (including phenoxy) is 3. The first-order valence-corrected chi connectivity index (χ1v) is 6.53. The zero-order valence-corrected chi connectivity index (χ0v) is 11.7. The molecule has 0 fully saturated rings. The summed E-state index contributed by atoms with van der Waals surface area (Å²) in [6.45, 7) is 2.46. The summed E-state index contributed by atoms with van der Waals surface area (Å²) in [5.41, 5.74) is 2.24. The fourth-order valence-electron chi connectivity index (χ4n) is 1.31. The molecule has 2 amide bonds. The summed E-state index contributed by atoms with van der Waals surface area (Å²) in [6, 6.07) is 0. The lowest BCUT2D eigenvalue weighted by Gasteiger charge is -2.14. The Labute approximate surface area is 122 Å². The highest BCUT2D eigenvalue weighted by atomic mass is 16.7. The van der Waals surface area contributed by atoms with Crippen LogP contribution in [0.5, 0.6) is 0 Å². The van der Waals surface area contributed by atoms with Crippen LogP contribution >= 0.6 is 0 Å². The summed E-state index contributed by atoms with van der Waals surface area (Å²) in [7, 11) is 0. The van der Waals surface area contributed by atoms with Crippen molar-refractivity contribution in [3.63, 3.8) is 0 Å². The van der Waals surface area contributed by atoms with Gasteiger partial charge in [0.05, 0.1) is 52.9 Å². The van der Waals surface area contributed by atoms with Gasteiger partial charge in [-0.1, -0.05) is 0 Å². The van der Waals surface area contributed by atoms with Gasteiger partial charge in [0.2, 0.25) is 0 Å². The van der Waals surface area contributed by atoms with Crippen molar-refractivity contribution in [1.82, 2.24) is 10.6 Å². The maximum atomic E-state index is 11.1. The van der Waals surface area contributed by atoms with E-state index in [1.807, 2.05) is 0 Å². The van der Waals surface area contributed by atoms with Crippen molar-refractivity contribution in [1.29, 1.82) is 0 Å². The van der Waals surface area contributed by atoms with Crippen LogP contribution in [0.4, 0.5) is 0 Å². The SMILES string of the molecule is O=C1C=CC(=O)N1NOCCOCCOCCOCCO. The van der Waals surface area contributed by atoms with Gasteiger partial charge in [-0.15, -0.1) is 5.59 Å². The fourth-order valence-corrected chi connectivity index (χ4v) is 1.31. The first-order valence-electron chi connectivity index (χ1n) is 6.53. The quantitative estimate of drug-likeness (QED) is 0.238. The predicted molar refractivity (Wildman–Crippen MR) is 69.6 cm³/mol. The van der Waals surface area contributed by atoms with Crippen LogP contribution in [0, 0.1) is 0 Å². The highest BCUT2D eigenvalue weighted by Crippen LogP contribution is 1.98. The van der Waals surface area contributed by atoms with E-state index in [2.05, 4.69) is 5.59 Å². The van der Waals surface area contributed by atoms with Crippen molar-refractivity contribution in [2.45, 2.75) is 0 Å². The maximum Gasteiger partial charge on any atom is 0.270 e. The zero-order valence-electron chi connectivity index (χ0n) is 11.7. The van der Waals surface area contributed by atoms with Crippen LogP contribution in [-0.2, 0) is 28.6 Å². The van der Waals surface area contributed by atoms with Gasteiger partial charge in [-0.25, -0.2) is 0 Å². The Morgan fingerprint density at radius 2 is 1.33 bits per heavy atom. The number of hydrogen-bond donors (Lipinski definition) is 2. The number of aliphatic hydroxyl groups excluding tert-OH is 1. The van der Waals surface area contributed by atoms with Gasteiger partial charge >= 0.3 is 0 Å². The van der Waals surface area contributed by atoms with Crippen LogP contribution in [0.2, 0.25) is 0 Å². The van der Waals surface area contributed by atoms with Gasteiger partial charge < -0.3 is 19.3 Å². The Balaban J connectivity index is 1.81. The van der Waals surface area contributed by atoms with E-state index in [0.29, 0.717) is 39.6 Å². The third-order valence-corrected chi connectivity index (χ3v) is 2.27. The Morgan fingerprint density at radius 1 is 0.857 bits per heavy atom. The molecule has 2 N–H and O–H groups in total. The third-order valence-electron chi connectivity index (χ3n) is 2.27. The average Bonchev–Trinajstić information content (AvgIpc) is 2.80. The number of amides is 2. The predicted octanol–water partition coefficient (Wildman–Crippen LogP) is -1.61. The van der Waals surface area contributed by atoms with E-state index in [0.717, 1.165) is 17.2 Å². The molecule has 9 heteroatoms. The second kappa shape index (κ2) is 11.3. The molecule has 1 rings (SSSR count). The molecule has 1 heterocycles. The molecule has 0 radical (unpaired) electrons. The van der Waals surface area contributed by atoms with Crippen molar-refractivity contribution >= 4 is 11.8 Å². The van der Waals surface area contributed by atoms with E-state index in [1.54, 1.807) is 0 Å². The van der Waals surface area contributed by atoms with Gasteiger partial charge in [0.1, 0.15) is 0 Å². The fraction of sp³-hybridized carbons (Fsp3) is 0.667. The van der Waals surface area contributed by atoms with E-state index in [-0.39, 0.29) is 13.2 Å². The summed E-state index contributed by atoms with van der Waals surface area (Å²) in [5.74, 6) is -0.949. The third kappa shape index (κ3) is 7.85. The number of carbonyl (C=O) groups excluding carboxylic acids is 2. The molecule has 0 spiro atoms. The van der Waals surface area contributed by atoms with Crippen LogP contribution in [0.15, 0.2) is 12.2 Å². The number of aliphatic hydroxyl groups is 1. The topological polar surface area (TPSA) is 107 Å². The van der Waals surface area contributed by atoms with Gasteiger partial charge in [-0.2, -0.15) is 5.01 Å². The smallest absolute Gasteiger partial charge is 0.270 e. The van der Waals surface area contributed by atoms with E-state index in [9.17, 15) is 9.59 Å². The minimum Gasteiger partial charge on any atom is -0.394 e. The molecule has 0 aliphatic carbocycles. The van der Waals surface area contributed by atoms with Gasteiger partial charge in [0.15, 0.2) is 0 Å². The molecular weight excluding hydrogens is 284 g/mol. The highest BCUT2D eigenvalue weighted by molar-refractivity contribution is 6.12. The van der Waals surface area contributed by atoms with Crippen molar-refractivity contribution in [3.05, 3.63) is 12.2 Å². The highest BCUT2D eigenvalue weighted by Gasteiger charge is 2.23. The maximum absolute atomic E-state index is 11.1. The molecular formula is C12H20N2O7. The van der Waals surface area contributed by atoms with Gasteiger partial charge in [0, 0.05) is 12.2 Å². The Hall–Kier alpha value is -1.36. The van der Waals surface area contributed by atoms with Crippen LogP contribution in [-0.4, -0.2) is 74.8 Å². The number of carbonyl (C=O) groups is 2. The molecule has 0 atom stereocenters. The molecule has 0 aromatic carbocycles. The van der Waals surface area contributed by atoms with Crippen molar-refractivity contribution in [3.8, 4) is 0 Å². The number of rotatable bonds is 13. The molecule has 0 unspecified atom stereocenters. The van der Waals surface area contributed by atoms with Gasteiger partial charge in [0.25, 0.3) is 11.8 Å². The average molecular weight is 304 g/mol. The van der Waals surface area contributed by atoms with Crippen LogP contribution in [0.3, 0.4) is 0 Å². The summed E-state index contributed by atoms with van der Waals surface area (Å²) >= 11 is 0. The first-order chi connectivity index (χ1) is 10.3. The Bertz CT molecular complexity index is 330. The molecule has 0 aromatic rings.